The third kappa shape index (κ3) is 1.95. The molecule has 0 amide bonds. The van der Waals surface area contributed by atoms with E-state index in [0.717, 1.165) is 22.5 Å². The molecule has 1 aliphatic heterocycles. The summed E-state index contributed by atoms with van der Waals surface area (Å²) in [5.41, 5.74) is 2.10. The quantitative estimate of drug-likeness (QED) is 0.856. The monoisotopic (exact) mass is 300 g/mol. The first kappa shape index (κ1) is 12.1. The van der Waals surface area contributed by atoms with Crippen LogP contribution < -0.4 is 0 Å². The molecule has 1 aliphatic rings. The largest absolute Gasteiger partial charge is 0.254 e. The van der Waals surface area contributed by atoms with E-state index in [-0.39, 0.29) is 8.68 Å². The van der Waals surface area contributed by atoms with Crippen molar-refractivity contribution in [3.05, 3.63) is 46.1 Å². The summed E-state index contributed by atoms with van der Waals surface area (Å²) in [6.45, 7) is 0.821. The van der Waals surface area contributed by atoms with E-state index in [0.29, 0.717) is 13.1 Å². The van der Waals surface area contributed by atoms with Crippen molar-refractivity contribution >= 4 is 33.0 Å². The summed E-state index contributed by atoms with van der Waals surface area (Å²) in [5, 5.41) is 0. The molecule has 0 aliphatic carbocycles. The highest BCUT2D eigenvalue weighted by Crippen LogP contribution is 2.31. The molecule has 0 fully saturated rings. The van der Waals surface area contributed by atoms with Crippen LogP contribution in [0.1, 0.15) is 11.1 Å². The van der Waals surface area contributed by atoms with Gasteiger partial charge in [-0.2, -0.15) is 4.31 Å². The topological polar surface area (TPSA) is 50.3 Å². The van der Waals surface area contributed by atoms with E-state index in [2.05, 4.69) is 4.98 Å². The van der Waals surface area contributed by atoms with Crippen LogP contribution in [0.2, 0.25) is 4.47 Å². The van der Waals surface area contributed by atoms with Crippen LogP contribution in [0.25, 0.3) is 0 Å². The molecule has 0 radical (unpaired) electrons. The lowest BCUT2D eigenvalue weighted by atomic mass is 10.1. The Kier molecular flexibility index (Phi) is 2.90. The zero-order chi connectivity index (χ0) is 12.8. The molecule has 0 saturated heterocycles. The Morgan fingerprint density at radius 2 is 1.83 bits per heavy atom. The van der Waals surface area contributed by atoms with Gasteiger partial charge in [-0.25, -0.2) is 13.4 Å². The van der Waals surface area contributed by atoms with Crippen molar-refractivity contribution in [3.8, 4) is 0 Å². The van der Waals surface area contributed by atoms with Gasteiger partial charge in [0.15, 0.2) is 8.68 Å². The number of benzene rings is 1. The number of thiazole rings is 1. The van der Waals surface area contributed by atoms with Crippen molar-refractivity contribution in [1.82, 2.24) is 9.29 Å². The molecule has 0 saturated carbocycles. The molecule has 0 N–H and O–H groups in total. The molecule has 1 aromatic heterocycles. The van der Waals surface area contributed by atoms with E-state index >= 15 is 0 Å². The van der Waals surface area contributed by atoms with Crippen molar-refractivity contribution in [2.45, 2.75) is 17.3 Å². The van der Waals surface area contributed by atoms with Crippen LogP contribution in [0.3, 0.4) is 0 Å². The Morgan fingerprint density at radius 1 is 1.22 bits per heavy atom. The van der Waals surface area contributed by atoms with Crippen molar-refractivity contribution in [3.63, 3.8) is 0 Å². The highest BCUT2D eigenvalue weighted by atomic mass is 35.5. The molecule has 2 heterocycles. The van der Waals surface area contributed by atoms with Crippen LogP contribution in [0.5, 0.6) is 0 Å². The highest BCUT2D eigenvalue weighted by Gasteiger charge is 2.31. The second kappa shape index (κ2) is 4.31. The number of rotatable bonds is 2. The van der Waals surface area contributed by atoms with Crippen LogP contribution >= 0.6 is 22.9 Å². The van der Waals surface area contributed by atoms with E-state index in [1.807, 2.05) is 24.3 Å². The van der Waals surface area contributed by atoms with Crippen LogP contribution in [0, 0.1) is 0 Å². The number of sulfonamides is 1. The number of halogens is 1. The number of nitrogens with zero attached hydrogens (tertiary/aromatic N) is 2. The van der Waals surface area contributed by atoms with E-state index in [1.54, 1.807) is 0 Å². The fourth-order valence-electron chi connectivity index (χ4n) is 1.96. The molecule has 1 aromatic carbocycles. The molecular weight excluding hydrogens is 292 g/mol. The first-order valence-electron chi connectivity index (χ1n) is 5.25. The van der Waals surface area contributed by atoms with Crippen LogP contribution in [-0.2, 0) is 23.1 Å². The Labute approximate surface area is 114 Å². The van der Waals surface area contributed by atoms with Gasteiger partial charge in [0.25, 0.3) is 10.0 Å². The van der Waals surface area contributed by atoms with E-state index < -0.39 is 10.0 Å². The summed E-state index contributed by atoms with van der Waals surface area (Å²) in [4.78, 5) is 3.78. The zero-order valence-electron chi connectivity index (χ0n) is 9.21. The zero-order valence-corrected chi connectivity index (χ0v) is 11.6. The average molecular weight is 301 g/mol. The van der Waals surface area contributed by atoms with Gasteiger partial charge >= 0.3 is 0 Å². The van der Waals surface area contributed by atoms with E-state index in [1.165, 1.54) is 10.5 Å². The van der Waals surface area contributed by atoms with Gasteiger partial charge in [0.1, 0.15) is 0 Å². The van der Waals surface area contributed by atoms with Crippen molar-refractivity contribution in [2.75, 3.05) is 0 Å². The average Bonchev–Trinajstić information content (AvgIpc) is 2.94. The van der Waals surface area contributed by atoms with Crippen LogP contribution in [0.4, 0.5) is 0 Å². The molecule has 0 unspecified atom stereocenters. The van der Waals surface area contributed by atoms with Gasteiger partial charge in [0, 0.05) is 13.1 Å². The van der Waals surface area contributed by atoms with Crippen LogP contribution in [-0.4, -0.2) is 17.7 Å². The summed E-state index contributed by atoms with van der Waals surface area (Å²) in [6, 6.07) is 7.73. The van der Waals surface area contributed by atoms with Gasteiger partial charge in [-0.15, -0.1) is 0 Å². The molecule has 94 valence electrons. The van der Waals surface area contributed by atoms with Crippen molar-refractivity contribution in [1.29, 1.82) is 0 Å². The molecule has 4 nitrogen and oxygen atoms in total. The van der Waals surface area contributed by atoms with Gasteiger partial charge < -0.3 is 0 Å². The Bertz CT molecular complexity index is 672. The Balaban J connectivity index is 1.95. The first-order valence-corrected chi connectivity index (χ1v) is 7.89. The maximum Gasteiger partial charge on any atom is 0.254 e. The Hall–Kier alpha value is -0.950. The number of fused-ring (bicyclic) bond motifs is 1. The van der Waals surface area contributed by atoms with Crippen molar-refractivity contribution in [2.24, 2.45) is 0 Å². The van der Waals surface area contributed by atoms with Gasteiger partial charge in [-0.3, -0.25) is 0 Å². The van der Waals surface area contributed by atoms with Gasteiger partial charge in [0.05, 0.1) is 6.20 Å². The van der Waals surface area contributed by atoms with E-state index in [9.17, 15) is 8.42 Å². The standard InChI is InChI=1S/C11H9ClN2O2S2/c12-11-13-5-10(17-11)18(15,16)14-6-8-3-1-2-4-9(8)7-14/h1-5H,6-7H2. The SMILES string of the molecule is O=S(=O)(c1cnc(Cl)s1)N1Cc2ccccc2C1. The van der Waals surface area contributed by atoms with Gasteiger partial charge in [-0.05, 0) is 11.1 Å². The first-order chi connectivity index (χ1) is 8.57. The fraction of sp³-hybridized carbons (Fsp3) is 0.182. The molecule has 0 spiro atoms. The fourth-order valence-corrected chi connectivity index (χ4v) is 4.80. The Morgan fingerprint density at radius 3 is 2.33 bits per heavy atom. The maximum atomic E-state index is 12.4. The molecule has 0 bridgehead atoms. The smallest absolute Gasteiger partial charge is 0.232 e. The second-order valence-corrected chi connectivity index (χ2v) is 7.75. The number of hydrogen-bond donors (Lipinski definition) is 0. The minimum absolute atomic E-state index is 0.195. The highest BCUT2D eigenvalue weighted by molar-refractivity contribution is 7.91. The molecule has 18 heavy (non-hydrogen) atoms. The lowest BCUT2D eigenvalue weighted by molar-refractivity contribution is 0.433. The minimum atomic E-state index is -3.48. The molecule has 3 rings (SSSR count). The predicted octanol–water partition coefficient (Wildman–Crippen LogP) is 2.50. The predicted molar refractivity (Wildman–Crippen MR) is 70.0 cm³/mol. The minimum Gasteiger partial charge on any atom is -0.232 e. The summed E-state index contributed by atoms with van der Waals surface area (Å²) in [6.07, 6.45) is 1.31. The van der Waals surface area contributed by atoms with E-state index in [4.69, 9.17) is 11.6 Å². The second-order valence-electron chi connectivity index (χ2n) is 3.97. The molecular formula is C11H9ClN2O2S2. The summed E-state index contributed by atoms with van der Waals surface area (Å²) in [7, 11) is -3.48. The van der Waals surface area contributed by atoms with Crippen molar-refractivity contribution < 1.29 is 8.42 Å². The third-order valence-corrected chi connectivity index (χ3v) is 6.21. The molecule has 2 aromatic rings. The van der Waals surface area contributed by atoms with Gasteiger partial charge in [-0.1, -0.05) is 47.2 Å². The summed E-state index contributed by atoms with van der Waals surface area (Å²) in [5.74, 6) is 0. The lowest BCUT2D eigenvalue weighted by Crippen LogP contribution is -2.24. The number of aromatic nitrogens is 1. The summed E-state index contributed by atoms with van der Waals surface area (Å²) < 4.78 is 26.6. The van der Waals surface area contributed by atoms with Crippen LogP contribution in [0.15, 0.2) is 34.7 Å². The van der Waals surface area contributed by atoms with Gasteiger partial charge in [0.2, 0.25) is 0 Å². The maximum absolute atomic E-state index is 12.4. The third-order valence-electron chi connectivity index (χ3n) is 2.86. The molecule has 0 atom stereocenters. The number of hydrogen-bond acceptors (Lipinski definition) is 4. The molecule has 7 heteroatoms. The normalized spacial score (nSPS) is 15.8. The summed E-state index contributed by atoms with van der Waals surface area (Å²) >= 11 is 6.67. The lowest BCUT2D eigenvalue weighted by Gasteiger charge is -2.13.